The average molecular weight is 446 g/mol. The molecule has 1 unspecified atom stereocenters. The van der Waals surface area contributed by atoms with E-state index in [1.807, 2.05) is 20.8 Å². The first kappa shape index (κ1) is 21.4. The lowest BCUT2D eigenvalue weighted by atomic mass is 9.88. The van der Waals surface area contributed by atoms with Crippen molar-refractivity contribution in [2.75, 3.05) is 12.3 Å². The number of amides is 1. The number of fused-ring (bicyclic) bond motifs is 1. The fourth-order valence-electron chi connectivity index (χ4n) is 4.18. The Morgan fingerprint density at radius 2 is 2.13 bits per heavy atom. The second-order valence-electron chi connectivity index (χ2n) is 8.22. The van der Waals surface area contributed by atoms with Crippen molar-refractivity contribution in [2.45, 2.75) is 52.1 Å². The van der Waals surface area contributed by atoms with Crippen molar-refractivity contribution in [3.63, 3.8) is 0 Å². The highest BCUT2D eigenvalue weighted by molar-refractivity contribution is 6.33. The molecule has 9 heteroatoms. The minimum Gasteiger partial charge on any atom is -0.490 e. The molecule has 3 aromatic rings. The topological polar surface area (TPSA) is 94.5 Å². The Hall–Kier alpha value is -2.87. The van der Waals surface area contributed by atoms with Crippen LogP contribution < -0.4 is 15.8 Å². The van der Waals surface area contributed by atoms with Crippen molar-refractivity contribution in [3.8, 4) is 5.75 Å². The smallest absolute Gasteiger partial charge is 0.220 e. The summed E-state index contributed by atoms with van der Waals surface area (Å²) in [7, 11) is 0. The number of rotatable bonds is 5. The van der Waals surface area contributed by atoms with E-state index in [4.69, 9.17) is 22.1 Å². The predicted octanol–water partition coefficient (Wildman–Crippen LogP) is 3.95. The van der Waals surface area contributed by atoms with Crippen LogP contribution >= 0.6 is 11.6 Å². The minimum atomic E-state index is -0.340. The number of aryl methyl sites for hydroxylation is 1. The standard InChI is InChI=1S/C22H25ClFN5O2/c1-10(2)31-19-14(7-11(3)17(24)16(19)13-8-15(30)27-9-13)12(4)22-28-20(23)18-21(25)26-5-6-29(18)22/h5-7,10,12-13H,8-9H2,1-4H3,(H2,25,26)(H,27,30)/t12-,13?/m0/s1. The second-order valence-corrected chi connectivity index (χ2v) is 8.58. The molecule has 0 radical (unpaired) electrons. The first-order chi connectivity index (χ1) is 14.7. The van der Waals surface area contributed by atoms with E-state index in [0.717, 1.165) is 5.56 Å². The van der Waals surface area contributed by atoms with E-state index in [0.29, 0.717) is 34.8 Å². The molecule has 1 amide bonds. The van der Waals surface area contributed by atoms with Crippen molar-refractivity contribution in [3.05, 3.63) is 51.9 Å². The molecule has 1 fully saturated rings. The highest BCUT2D eigenvalue weighted by atomic mass is 35.5. The zero-order valence-corrected chi connectivity index (χ0v) is 18.6. The summed E-state index contributed by atoms with van der Waals surface area (Å²) in [4.78, 5) is 20.5. The van der Waals surface area contributed by atoms with Crippen molar-refractivity contribution in [2.24, 2.45) is 0 Å². The van der Waals surface area contributed by atoms with E-state index >= 15 is 4.39 Å². The van der Waals surface area contributed by atoms with Crippen LogP contribution in [0.1, 0.15) is 61.5 Å². The number of carbonyl (C=O) groups excluding carboxylic acids is 1. The Kier molecular flexibility index (Phi) is 5.51. The van der Waals surface area contributed by atoms with Gasteiger partial charge < -0.3 is 15.8 Å². The summed E-state index contributed by atoms with van der Waals surface area (Å²) in [5.74, 6) is 0.356. The number of carbonyl (C=O) groups is 1. The molecule has 2 atom stereocenters. The normalized spacial score (nSPS) is 17.4. The number of hydrogen-bond donors (Lipinski definition) is 2. The number of aromatic nitrogens is 3. The largest absolute Gasteiger partial charge is 0.490 e. The Labute approximate surface area is 184 Å². The number of benzene rings is 1. The van der Waals surface area contributed by atoms with Gasteiger partial charge in [-0.05, 0) is 32.4 Å². The van der Waals surface area contributed by atoms with Gasteiger partial charge in [0.2, 0.25) is 5.91 Å². The Bertz CT molecular complexity index is 1180. The Morgan fingerprint density at radius 3 is 2.77 bits per heavy atom. The molecular formula is C22H25ClFN5O2. The average Bonchev–Trinajstić information content (AvgIpc) is 3.28. The summed E-state index contributed by atoms with van der Waals surface area (Å²) in [5, 5.41) is 3.05. The van der Waals surface area contributed by atoms with Gasteiger partial charge in [0, 0.05) is 48.3 Å². The third-order valence-electron chi connectivity index (χ3n) is 5.62. The lowest BCUT2D eigenvalue weighted by molar-refractivity contribution is -0.119. The molecule has 31 heavy (non-hydrogen) atoms. The quantitative estimate of drug-likeness (QED) is 0.620. The fourth-order valence-corrected chi connectivity index (χ4v) is 4.45. The Morgan fingerprint density at radius 1 is 1.39 bits per heavy atom. The maximum Gasteiger partial charge on any atom is 0.220 e. The number of ether oxygens (including phenoxy) is 1. The zero-order chi connectivity index (χ0) is 22.4. The molecule has 2 aromatic heterocycles. The fraction of sp³-hybridized carbons (Fsp3) is 0.409. The number of nitrogen functional groups attached to an aromatic ring is 1. The summed E-state index contributed by atoms with van der Waals surface area (Å²) < 4.78 is 23.3. The molecule has 3 N–H and O–H groups in total. The van der Waals surface area contributed by atoms with Gasteiger partial charge in [-0.3, -0.25) is 9.20 Å². The first-order valence-corrected chi connectivity index (χ1v) is 10.6. The van der Waals surface area contributed by atoms with Crippen LogP contribution in [0.5, 0.6) is 5.75 Å². The molecule has 1 saturated heterocycles. The third kappa shape index (κ3) is 3.69. The lowest BCUT2D eigenvalue weighted by Crippen LogP contribution is -2.17. The van der Waals surface area contributed by atoms with Crippen LogP contribution in [0.15, 0.2) is 18.5 Å². The molecule has 4 rings (SSSR count). The molecule has 1 aliphatic heterocycles. The van der Waals surface area contributed by atoms with E-state index in [2.05, 4.69) is 15.3 Å². The van der Waals surface area contributed by atoms with Gasteiger partial charge in [0.05, 0.1) is 6.10 Å². The highest BCUT2D eigenvalue weighted by Crippen LogP contribution is 2.43. The van der Waals surface area contributed by atoms with Crippen LogP contribution in [0.25, 0.3) is 5.52 Å². The maximum atomic E-state index is 15.4. The van der Waals surface area contributed by atoms with Crippen molar-refractivity contribution in [1.29, 1.82) is 0 Å². The number of nitrogens with one attached hydrogen (secondary N) is 1. The van der Waals surface area contributed by atoms with E-state index < -0.39 is 0 Å². The van der Waals surface area contributed by atoms with Crippen LogP contribution in [0.3, 0.4) is 0 Å². The van der Waals surface area contributed by atoms with E-state index in [1.165, 1.54) is 0 Å². The van der Waals surface area contributed by atoms with Gasteiger partial charge in [0.15, 0.2) is 11.0 Å². The van der Waals surface area contributed by atoms with E-state index in [1.54, 1.807) is 29.8 Å². The van der Waals surface area contributed by atoms with Crippen LogP contribution in [-0.4, -0.2) is 32.9 Å². The molecule has 0 spiro atoms. The van der Waals surface area contributed by atoms with Gasteiger partial charge in [0.25, 0.3) is 0 Å². The van der Waals surface area contributed by atoms with Crippen molar-refractivity contribution < 1.29 is 13.9 Å². The molecule has 0 saturated carbocycles. The van der Waals surface area contributed by atoms with Gasteiger partial charge in [0.1, 0.15) is 22.9 Å². The summed E-state index contributed by atoms with van der Waals surface area (Å²) in [6, 6.07) is 1.78. The van der Waals surface area contributed by atoms with E-state index in [9.17, 15) is 4.79 Å². The molecule has 1 aliphatic rings. The zero-order valence-electron chi connectivity index (χ0n) is 17.9. The molecule has 0 aliphatic carbocycles. The Balaban J connectivity index is 1.93. The molecule has 7 nitrogen and oxygen atoms in total. The maximum absolute atomic E-state index is 15.4. The summed E-state index contributed by atoms with van der Waals surface area (Å²) in [5.41, 5.74) is 8.23. The molecular weight excluding hydrogens is 421 g/mol. The predicted molar refractivity (Wildman–Crippen MR) is 117 cm³/mol. The number of nitrogens with two attached hydrogens (primary N) is 1. The van der Waals surface area contributed by atoms with Gasteiger partial charge in [-0.25, -0.2) is 14.4 Å². The molecule has 1 aromatic carbocycles. The van der Waals surface area contributed by atoms with Gasteiger partial charge in [-0.1, -0.05) is 18.5 Å². The van der Waals surface area contributed by atoms with Crippen LogP contribution in [0.4, 0.5) is 10.2 Å². The first-order valence-electron chi connectivity index (χ1n) is 10.2. The number of nitrogens with zero attached hydrogens (tertiary/aromatic N) is 3. The van der Waals surface area contributed by atoms with E-state index in [-0.39, 0.29) is 47.1 Å². The van der Waals surface area contributed by atoms with Crippen LogP contribution in [0.2, 0.25) is 5.15 Å². The van der Waals surface area contributed by atoms with Gasteiger partial charge in [-0.2, -0.15) is 0 Å². The van der Waals surface area contributed by atoms with Gasteiger partial charge in [-0.15, -0.1) is 0 Å². The summed E-state index contributed by atoms with van der Waals surface area (Å²) >= 11 is 6.36. The second kappa shape index (κ2) is 8.00. The molecule has 3 heterocycles. The van der Waals surface area contributed by atoms with Crippen molar-refractivity contribution in [1.82, 2.24) is 19.7 Å². The van der Waals surface area contributed by atoms with Gasteiger partial charge >= 0.3 is 0 Å². The van der Waals surface area contributed by atoms with Crippen LogP contribution in [0, 0.1) is 12.7 Å². The summed E-state index contributed by atoms with van der Waals surface area (Å²) in [6.07, 6.45) is 3.37. The number of imidazole rings is 1. The number of halogens is 2. The molecule has 164 valence electrons. The third-order valence-corrected chi connectivity index (χ3v) is 5.89. The highest BCUT2D eigenvalue weighted by Gasteiger charge is 2.33. The van der Waals surface area contributed by atoms with Crippen molar-refractivity contribution >= 4 is 28.8 Å². The monoisotopic (exact) mass is 445 g/mol. The SMILES string of the molecule is Cc1cc([C@H](C)c2nc(Cl)c3c(N)nccn23)c(OC(C)C)c(C2CNC(=O)C2)c1F. The lowest BCUT2D eigenvalue weighted by Gasteiger charge is -2.25. The minimum absolute atomic E-state index is 0.0926. The van der Waals surface area contributed by atoms with Crippen LogP contribution in [-0.2, 0) is 4.79 Å². The summed E-state index contributed by atoms with van der Waals surface area (Å²) in [6.45, 7) is 7.84. The number of hydrogen-bond acceptors (Lipinski definition) is 5. The molecule has 0 bridgehead atoms. The number of anilines is 1.